The maximum atomic E-state index is 11.9. The Morgan fingerprint density at radius 3 is 2.94 bits per heavy atom. The molecule has 0 spiro atoms. The average Bonchev–Trinajstić information content (AvgIpc) is 2.86. The molecule has 1 saturated heterocycles. The van der Waals surface area contributed by atoms with Gasteiger partial charge in [-0.25, -0.2) is 13.4 Å². The van der Waals surface area contributed by atoms with Gasteiger partial charge >= 0.3 is 0 Å². The third kappa shape index (κ3) is 2.85. The van der Waals surface area contributed by atoms with E-state index in [0.29, 0.717) is 12.1 Å². The van der Waals surface area contributed by atoms with Crippen LogP contribution in [-0.4, -0.2) is 48.8 Å². The van der Waals surface area contributed by atoms with Gasteiger partial charge in [0.15, 0.2) is 16.2 Å². The fraction of sp³-hybridized carbons (Fsp3) is 0.600. The second-order valence-electron chi connectivity index (χ2n) is 4.22. The van der Waals surface area contributed by atoms with Crippen LogP contribution in [0.15, 0.2) is 17.1 Å². The summed E-state index contributed by atoms with van der Waals surface area (Å²) in [6.45, 7) is 0. The van der Waals surface area contributed by atoms with E-state index in [-0.39, 0.29) is 29.9 Å². The van der Waals surface area contributed by atoms with Crippen molar-refractivity contribution >= 4 is 15.7 Å². The molecule has 0 aliphatic carbocycles. The number of likely N-dealkylation sites (N-methyl/N-ethyl adjacent to an activating group) is 1. The predicted octanol–water partition coefficient (Wildman–Crippen LogP) is -0.137. The molecular formula is C10H14N2O4S. The molecule has 0 radical (unpaired) electrons. The summed E-state index contributed by atoms with van der Waals surface area (Å²) in [5.41, 5.74) is 0.558. The van der Waals surface area contributed by atoms with E-state index in [1.54, 1.807) is 7.05 Å². The van der Waals surface area contributed by atoms with Crippen LogP contribution in [0.5, 0.6) is 0 Å². The minimum atomic E-state index is -2.96. The lowest BCUT2D eigenvalue weighted by atomic mass is 10.2. The Morgan fingerprint density at radius 2 is 2.41 bits per heavy atom. The molecule has 1 aliphatic rings. The van der Waals surface area contributed by atoms with Crippen molar-refractivity contribution in [3.05, 3.63) is 18.4 Å². The minimum absolute atomic E-state index is 0.0635. The number of hydrogen-bond donors (Lipinski definition) is 0. The van der Waals surface area contributed by atoms with Crippen molar-refractivity contribution in [1.82, 2.24) is 9.88 Å². The molecule has 0 aromatic carbocycles. The van der Waals surface area contributed by atoms with Crippen LogP contribution in [-0.2, 0) is 21.1 Å². The van der Waals surface area contributed by atoms with E-state index in [4.69, 9.17) is 4.42 Å². The Kier molecular flexibility index (Phi) is 3.19. The summed E-state index contributed by atoms with van der Waals surface area (Å²) in [5.74, 6) is 0.0915. The maximum Gasteiger partial charge on any atom is 0.228 e. The topological polar surface area (TPSA) is 80.5 Å². The predicted molar refractivity (Wildman–Crippen MR) is 60.0 cm³/mol. The van der Waals surface area contributed by atoms with Crippen LogP contribution < -0.4 is 0 Å². The van der Waals surface area contributed by atoms with E-state index in [2.05, 4.69) is 4.98 Å². The molecule has 1 aromatic rings. The van der Waals surface area contributed by atoms with E-state index in [9.17, 15) is 13.2 Å². The highest BCUT2D eigenvalue weighted by atomic mass is 32.2. The summed E-state index contributed by atoms with van der Waals surface area (Å²) in [5, 5.41) is 0. The second-order valence-corrected chi connectivity index (χ2v) is 6.45. The average molecular weight is 258 g/mol. The van der Waals surface area contributed by atoms with Gasteiger partial charge < -0.3 is 9.32 Å². The van der Waals surface area contributed by atoms with Crippen molar-refractivity contribution in [3.8, 4) is 0 Å². The van der Waals surface area contributed by atoms with Crippen molar-refractivity contribution in [2.24, 2.45) is 0 Å². The molecule has 1 aromatic heterocycles. The third-order valence-electron chi connectivity index (χ3n) is 2.97. The van der Waals surface area contributed by atoms with Crippen LogP contribution in [0.4, 0.5) is 0 Å². The first-order valence-corrected chi connectivity index (χ1v) is 7.13. The SMILES string of the molecule is CN(C(=O)Cc1cocn1)C1CCS(=O)(=O)C1. The Morgan fingerprint density at radius 1 is 1.65 bits per heavy atom. The van der Waals surface area contributed by atoms with Gasteiger partial charge in [-0.1, -0.05) is 0 Å². The summed E-state index contributed by atoms with van der Waals surface area (Å²) in [7, 11) is -1.33. The van der Waals surface area contributed by atoms with Gasteiger partial charge in [0, 0.05) is 13.1 Å². The maximum absolute atomic E-state index is 11.9. The zero-order valence-corrected chi connectivity index (χ0v) is 10.3. The molecule has 7 heteroatoms. The van der Waals surface area contributed by atoms with Gasteiger partial charge in [0.25, 0.3) is 0 Å². The van der Waals surface area contributed by atoms with E-state index in [1.807, 2.05) is 0 Å². The first kappa shape index (κ1) is 12.1. The first-order valence-electron chi connectivity index (χ1n) is 5.31. The molecule has 17 heavy (non-hydrogen) atoms. The van der Waals surface area contributed by atoms with Gasteiger partial charge in [0.2, 0.25) is 5.91 Å². The summed E-state index contributed by atoms with van der Waals surface area (Å²) >= 11 is 0. The lowest BCUT2D eigenvalue weighted by molar-refractivity contribution is -0.130. The Bertz CT molecular complexity index is 494. The van der Waals surface area contributed by atoms with Gasteiger partial charge in [0.05, 0.1) is 23.6 Å². The Labute approximate surface area is 99.5 Å². The third-order valence-corrected chi connectivity index (χ3v) is 4.72. The number of carbonyl (C=O) groups is 1. The van der Waals surface area contributed by atoms with Gasteiger partial charge in [-0.05, 0) is 6.42 Å². The molecule has 1 unspecified atom stereocenters. The molecule has 2 rings (SSSR count). The van der Waals surface area contributed by atoms with Gasteiger partial charge in [-0.3, -0.25) is 4.79 Å². The highest BCUT2D eigenvalue weighted by Crippen LogP contribution is 2.17. The first-order chi connectivity index (χ1) is 7.98. The highest BCUT2D eigenvalue weighted by molar-refractivity contribution is 7.91. The molecule has 6 nitrogen and oxygen atoms in total. The quantitative estimate of drug-likeness (QED) is 0.754. The highest BCUT2D eigenvalue weighted by Gasteiger charge is 2.32. The molecule has 0 saturated carbocycles. The monoisotopic (exact) mass is 258 g/mol. The van der Waals surface area contributed by atoms with Crippen LogP contribution in [0.3, 0.4) is 0 Å². The van der Waals surface area contributed by atoms with E-state index < -0.39 is 9.84 Å². The molecule has 1 amide bonds. The molecule has 1 aliphatic heterocycles. The van der Waals surface area contributed by atoms with Crippen LogP contribution in [0.1, 0.15) is 12.1 Å². The van der Waals surface area contributed by atoms with E-state index in [1.165, 1.54) is 17.6 Å². The van der Waals surface area contributed by atoms with Crippen LogP contribution in [0, 0.1) is 0 Å². The molecule has 94 valence electrons. The largest absolute Gasteiger partial charge is 0.451 e. The second kappa shape index (κ2) is 4.48. The fourth-order valence-electron chi connectivity index (χ4n) is 1.89. The van der Waals surface area contributed by atoms with Crippen molar-refractivity contribution in [2.45, 2.75) is 18.9 Å². The Hall–Kier alpha value is -1.37. The van der Waals surface area contributed by atoms with Crippen molar-refractivity contribution in [3.63, 3.8) is 0 Å². The standard InChI is InChI=1S/C10H14N2O4S/c1-12(9-2-3-17(14,15)6-9)10(13)4-8-5-16-7-11-8/h5,7,9H,2-4,6H2,1H3. The number of sulfone groups is 1. The number of nitrogens with zero attached hydrogens (tertiary/aromatic N) is 2. The van der Waals surface area contributed by atoms with Crippen LogP contribution in [0.2, 0.25) is 0 Å². The molecule has 2 heterocycles. The number of rotatable bonds is 3. The van der Waals surface area contributed by atoms with E-state index >= 15 is 0 Å². The van der Waals surface area contributed by atoms with Crippen LogP contribution >= 0.6 is 0 Å². The lowest BCUT2D eigenvalue weighted by Gasteiger charge is -2.22. The molecule has 0 bridgehead atoms. The number of aromatic nitrogens is 1. The summed E-state index contributed by atoms with van der Waals surface area (Å²) in [6.07, 6.45) is 3.34. The van der Waals surface area contributed by atoms with Crippen molar-refractivity contribution in [1.29, 1.82) is 0 Å². The molecule has 1 atom stereocenters. The normalized spacial score (nSPS) is 22.5. The van der Waals surface area contributed by atoms with Gasteiger partial charge in [-0.2, -0.15) is 0 Å². The number of hydrogen-bond acceptors (Lipinski definition) is 5. The number of carbonyl (C=O) groups excluding carboxylic acids is 1. The van der Waals surface area contributed by atoms with Gasteiger partial charge in [-0.15, -0.1) is 0 Å². The summed E-state index contributed by atoms with van der Waals surface area (Å²) < 4.78 is 27.4. The van der Waals surface area contributed by atoms with Gasteiger partial charge in [0.1, 0.15) is 6.26 Å². The number of oxazole rings is 1. The smallest absolute Gasteiger partial charge is 0.228 e. The lowest BCUT2D eigenvalue weighted by Crippen LogP contribution is -2.38. The van der Waals surface area contributed by atoms with Crippen LogP contribution in [0.25, 0.3) is 0 Å². The minimum Gasteiger partial charge on any atom is -0.451 e. The molecule has 1 fully saturated rings. The fourth-order valence-corrected chi connectivity index (χ4v) is 3.66. The van der Waals surface area contributed by atoms with E-state index in [0.717, 1.165) is 0 Å². The molecular weight excluding hydrogens is 244 g/mol. The number of amides is 1. The zero-order chi connectivity index (χ0) is 12.5. The Balaban J connectivity index is 1.96. The van der Waals surface area contributed by atoms with Crippen molar-refractivity contribution < 1.29 is 17.6 Å². The van der Waals surface area contributed by atoms with Crippen molar-refractivity contribution in [2.75, 3.05) is 18.6 Å². The zero-order valence-electron chi connectivity index (χ0n) is 9.50. The molecule has 0 N–H and O–H groups in total. The summed E-state index contributed by atoms with van der Waals surface area (Å²) in [4.78, 5) is 17.2. The summed E-state index contributed by atoms with van der Waals surface area (Å²) in [6, 6.07) is -0.209.